The predicted octanol–water partition coefficient (Wildman–Crippen LogP) is 3.01. The summed E-state index contributed by atoms with van der Waals surface area (Å²) in [6.07, 6.45) is -3.01. The molecular weight excluding hydrogens is 259 g/mol. The Labute approximate surface area is 109 Å². The van der Waals surface area contributed by atoms with Gasteiger partial charge in [0.25, 0.3) is 0 Å². The van der Waals surface area contributed by atoms with Crippen molar-refractivity contribution in [3.8, 4) is 5.75 Å². The highest BCUT2D eigenvalue weighted by atomic mass is 19.4. The topological polar surface area (TPSA) is 44.5 Å². The fraction of sp³-hybridized carbons (Fsp3) is 0.538. The lowest BCUT2D eigenvalue weighted by molar-refractivity contribution is -0.275. The van der Waals surface area contributed by atoms with Crippen LogP contribution >= 0.6 is 0 Å². The summed E-state index contributed by atoms with van der Waals surface area (Å²) in [5.74, 6) is 0.0594. The van der Waals surface area contributed by atoms with Gasteiger partial charge in [0.05, 0.1) is 12.1 Å². The third-order valence-electron chi connectivity index (χ3n) is 3.22. The van der Waals surface area contributed by atoms with Crippen LogP contribution in [-0.2, 0) is 4.74 Å². The number of nitrogens with two attached hydrogens (primary N) is 1. The van der Waals surface area contributed by atoms with Gasteiger partial charge in [-0.2, -0.15) is 0 Å². The third kappa shape index (κ3) is 3.61. The molecule has 3 nitrogen and oxygen atoms in total. The van der Waals surface area contributed by atoms with E-state index in [9.17, 15) is 13.2 Å². The minimum absolute atomic E-state index is 0.259. The van der Waals surface area contributed by atoms with Crippen molar-refractivity contribution >= 4 is 0 Å². The average molecular weight is 275 g/mol. The maximum absolute atomic E-state index is 12.3. The molecule has 0 bridgehead atoms. The number of para-hydroxylation sites is 1. The molecular formula is C13H16F3NO2. The second kappa shape index (κ2) is 5.38. The molecule has 106 valence electrons. The molecule has 0 heterocycles. The molecule has 1 aliphatic rings. The Balaban J connectivity index is 2.22. The largest absolute Gasteiger partial charge is 0.573 e. The quantitative estimate of drug-likeness (QED) is 0.898. The van der Waals surface area contributed by atoms with Crippen LogP contribution in [0.5, 0.6) is 5.75 Å². The number of alkyl halides is 3. The number of hydrogen-bond acceptors (Lipinski definition) is 3. The zero-order chi connectivity index (χ0) is 14.0. The molecule has 0 aliphatic heterocycles. The van der Waals surface area contributed by atoms with E-state index in [1.54, 1.807) is 12.1 Å². The third-order valence-corrected chi connectivity index (χ3v) is 3.22. The van der Waals surface area contributed by atoms with Crippen molar-refractivity contribution in [1.29, 1.82) is 0 Å². The Morgan fingerprint density at radius 3 is 2.42 bits per heavy atom. The van der Waals surface area contributed by atoms with E-state index in [-0.39, 0.29) is 11.9 Å². The normalized spacial score (nSPS) is 19.0. The summed E-state index contributed by atoms with van der Waals surface area (Å²) in [5.41, 5.74) is 6.36. The van der Waals surface area contributed by atoms with Crippen LogP contribution < -0.4 is 10.5 Å². The van der Waals surface area contributed by atoms with E-state index in [0.717, 1.165) is 12.8 Å². The summed E-state index contributed by atoms with van der Waals surface area (Å²) in [4.78, 5) is 0. The van der Waals surface area contributed by atoms with Crippen LogP contribution in [-0.4, -0.2) is 19.6 Å². The van der Waals surface area contributed by atoms with Crippen molar-refractivity contribution in [2.45, 2.75) is 31.3 Å². The van der Waals surface area contributed by atoms with E-state index in [1.165, 1.54) is 19.2 Å². The van der Waals surface area contributed by atoms with Crippen LogP contribution in [0.15, 0.2) is 24.3 Å². The number of ether oxygens (including phenoxy) is 2. The van der Waals surface area contributed by atoms with Crippen LogP contribution in [0.1, 0.15) is 24.4 Å². The van der Waals surface area contributed by atoms with Gasteiger partial charge in [-0.3, -0.25) is 0 Å². The van der Waals surface area contributed by atoms with E-state index >= 15 is 0 Å². The summed E-state index contributed by atoms with van der Waals surface area (Å²) in [6, 6.07) is 5.30. The molecule has 1 aromatic rings. The summed E-state index contributed by atoms with van der Waals surface area (Å²) in [5, 5.41) is 0. The van der Waals surface area contributed by atoms with Gasteiger partial charge in [-0.25, -0.2) is 0 Å². The molecule has 1 aromatic carbocycles. The van der Waals surface area contributed by atoms with Gasteiger partial charge in [0.15, 0.2) is 0 Å². The number of benzene rings is 1. The second-order valence-electron chi connectivity index (χ2n) is 4.65. The van der Waals surface area contributed by atoms with Crippen molar-refractivity contribution in [1.82, 2.24) is 0 Å². The second-order valence-corrected chi connectivity index (χ2v) is 4.65. The minimum atomic E-state index is -4.72. The Kier molecular flexibility index (Phi) is 4.01. The van der Waals surface area contributed by atoms with Crippen molar-refractivity contribution in [2.24, 2.45) is 11.7 Å². The standard InChI is InChI=1S/C13H16F3NO2/c1-18-12(8-6-7-8)11(17)9-4-2-3-5-10(9)19-13(14,15)16/h2-5,8,11-12H,6-7,17H2,1H3. The molecule has 0 saturated heterocycles. The summed E-state index contributed by atoms with van der Waals surface area (Å²) in [7, 11) is 1.52. The fourth-order valence-corrected chi connectivity index (χ4v) is 2.21. The zero-order valence-electron chi connectivity index (χ0n) is 10.5. The van der Waals surface area contributed by atoms with E-state index in [0.29, 0.717) is 11.5 Å². The molecule has 19 heavy (non-hydrogen) atoms. The molecule has 0 spiro atoms. The molecule has 0 aromatic heterocycles. The zero-order valence-corrected chi connectivity index (χ0v) is 10.5. The van der Waals surface area contributed by atoms with Gasteiger partial charge in [-0.15, -0.1) is 13.2 Å². The molecule has 2 atom stereocenters. The van der Waals surface area contributed by atoms with Gasteiger partial charge in [-0.1, -0.05) is 18.2 Å². The lowest BCUT2D eigenvalue weighted by Gasteiger charge is -2.24. The number of halogens is 3. The molecule has 2 rings (SSSR count). The maximum atomic E-state index is 12.3. The first-order chi connectivity index (χ1) is 8.92. The number of rotatable bonds is 5. The molecule has 6 heteroatoms. The van der Waals surface area contributed by atoms with Crippen molar-refractivity contribution in [3.63, 3.8) is 0 Å². The van der Waals surface area contributed by atoms with Crippen LogP contribution in [0.3, 0.4) is 0 Å². The van der Waals surface area contributed by atoms with Crippen molar-refractivity contribution < 1.29 is 22.6 Å². The first kappa shape index (κ1) is 14.1. The van der Waals surface area contributed by atoms with Gasteiger partial charge in [0.2, 0.25) is 0 Å². The maximum Gasteiger partial charge on any atom is 0.573 e. The monoisotopic (exact) mass is 275 g/mol. The summed E-state index contributed by atoms with van der Waals surface area (Å²) < 4.78 is 46.4. The van der Waals surface area contributed by atoms with Gasteiger partial charge >= 0.3 is 6.36 Å². The van der Waals surface area contributed by atoms with Crippen LogP contribution in [0, 0.1) is 5.92 Å². The first-order valence-corrected chi connectivity index (χ1v) is 6.05. The highest BCUT2D eigenvalue weighted by Gasteiger charge is 2.38. The van der Waals surface area contributed by atoms with Gasteiger partial charge in [0, 0.05) is 12.7 Å². The lowest BCUT2D eigenvalue weighted by Crippen LogP contribution is -2.31. The summed E-state index contributed by atoms with van der Waals surface area (Å²) in [6.45, 7) is 0. The minimum Gasteiger partial charge on any atom is -0.405 e. The Morgan fingerprint density at radius 2 is 1.89 bits per heavy atom. The lowest BCUT2D eigenvalue weighted by atomic mass is 9.98. The fourth-order valence-electron chi connectivity index (χ4n) is 2.21. The number of methoxy groups -OCH3 is 1. The molecule has 1 aliphatic carbocycles. The Morgan fingerprint density at radius 1 is 1.26 bits per heavy atom. The van der Waals surface area contributed by atoms with Gasteiger partial charge < -0.3 is 15.2 Å². The van der Waals surface area contributed by atoms with Crippen LogP contribution in [0.4, 0.5) is 13.2 Å². The molecule has 1 fully saturated rings. The van der Waals surface area contributed by atoms with E-state index in [4.69, 9.17) is 10.5 Å². The molecule has 2 N–H and O–H groups in total. The molecule has 1 saturated carbocycles. The number of hydrogen-bond donors (Lipinski definition) is 1. The Hall–Kier alpha value is -1.27. The van der Waals surface area contributed by atoms with E-state index < -0.39 is 12.4 Å². The van der Waals surface area contributed by atoms with Crippen molar-refractivity contribution in [2.75, 3.05) is 7.11 Å². The average Bonchev–Trinajstić information content (AvgIpc) is 3.13. The molecule has 2 unspecified atom stereocenters. The van der Waals surface area contributed by atoms with Gasteiger partial charge in [0.1, 0.15) is 5.75 Å². The Bertz CT molecular complexity index is 432. The highest BCUT2D eigenvalue weighted by Crippen LogP contribution is 2.41. The summed E-state index contributed by atoms with van der Waals surface area (Å²) >= 11 is 0. The van der Waals surface area contributed by atoms with Crippen LogP contribution in [0.25, 0.3) is 0 Å². The molecule has 0 radical (unpaired) electrons. The predicted molar refractivity (Wildman–Crippen MR) is 63.6 cm³/mol. The van der Waals surface area contributed by atoms with E-state index in [2.05, 4.69) is 4.74 Å². The molecule has 0 amide bonds. The van der Waals surface area contributed by atoms with Crippen LogP contribution in [0.2, 0.25) is 0 Å². The SMILES string of the molecule is COC(C1CC1)C(N)c1ccccc1OC(F)(F)F. The van der Waals surface area contributed by atoms with Gasteiger partial charge in [-0.05, 0) is 24.8 Å². The smallest absolute Gasteiger partial charge is 0.405 e. The van der Waals surface area contributed by atoms with Crippen molar-refractivity contribution in [3.05, 3.63) is 29.8 Å². The van der Waals surface area contributed by atoms with E-state index in [1.807, 2.05) is 0 Å². The highest BCUT2D eigenvalue weighted by molar-refractivity contribution is 5.36. The first-order valence-electron chi connectivity index (χ1n) is 6.05.